The van der Waals surface area contributed by atoms with Crippen molar-refractivity contribution in [3.05, 3.63) is 48.5 Å². The molecule has 26 heavy (non-hydrogen) atoms. The Morgan fingerprint density at radius 3 is 2.58 bits per heavy atom. The van der Waals surface area contributed by atoms with Crippen LogP contribution in [0.15, 0.2) is 53.4 Å². The van der Waals surface area contributed by atoms with E-state index < -0.39 is 0 Å². The van der Waals surface area contributed by atoms with E-state index in [9.17, 15) is 4.79 Å². The second kappa shape index (κ2) is 8.96. The molecule has 1 amide bonds. The molecule has 0 radical (unpaired) electrons. The average Bonchev–Trinajstić information content (AvgIpc) is 2.69. The summed E-state index contributed by atoms with van der Waals surface area (Å²) in [4.78, 5) is 17.2. The van der Waals surface area contributed by atoms with Crippen LogP contribution in [-0.2, 0) is 4.79 Å². The van der Waals surface area contributed by atoms with Gasteiger partial charge in [-0.3, -0.25) is 4.79 Å². The number of carbonyl (C=O) groups is 1. The first kappa shape index (κ1) is 18.6. The van der Waals surface area contributed by atoms with Gasteiger partial charge in [-0.1, -0.05) is 24.3 Å². The molecule has 0 atom stereocenters. The van der Waals surface area contributed by atoms with Gasteiger partial charge in [-0.15, -0.1) is 11.8 Å². The third-order valence-electron chi connectivity index (χ3n) is 4.69. The Kier molecular flexibility index (Phi) is 6.41. The van der Waals surface area contributed by atoms with E-state index in [1.165, 1.54) is 4.90 Å². The number of nitrogens with zero attached hydrogens (tertiary/aromatic N) is 1. The minimum absolute atomic E-state index is 0.0761. The minimum Gasteiger partial charge on any atom is -0.495 e. The number of anilines is 2. The Labute approximate surface area is 159 Å². The molecule has 0 unspecified atom stereocenters. The fourth-order valence-corrected chi connectivity index (χ4v) is 3.85. The Balaban J connectivity index is 1.53. The summed E-state index contributed by atoms with van der Waals surface area (Å²) in [5.74, 6) is 0.981. The number of carbonyl (C=O) groups excluding carboxylic acids is 1. The number of quaternary nitrogens is 1. The molecule has 1 heterocycles. The van der Waals surface area contributed by atoms with Crippen molar-refractivity contribution in [2.24, 2.45) is 0 Å². The maximum atomic E-state index is 12.4. The van der Waals surface area contributed by atoms with Crippen molar-refractivity contribution in [3.8, 4) is 5.75 Å². The predicted octanol–water partition coefficient (Wildman–Crippen LogP) is 1.76. The molecule has 1 saturated heterocycles. The van der Waals surface area contributed by atoms with E-state index in [4.69, 9.17) is 4.74 Å². The van der Waals surface area contributed by atoms with Crippen LogP contribution >= 0.6 is 11.8 Å². The highest BCUT2D eigenvalue weighted by molar-refractivity contribution is 7.98. The summed E-state index contributed by atoms with van der Waals surface area (Å²) >= 11 is 1.64. The van der Waals surface area contributed by atoms with E-state index in [1.807, 2.05) is 48.7 Å². The number of thioether (sulfide) groups is 1. The van der Waals surface area contributed by atoms with Crippen LogP contribution in [0.1, 0.15) is 0 Å². The molecule has 5 nitrogen and oxygen atoms in total. The second-order valence-electron chi connectivity index (χ2n) is 6.33. The Morgan fingerprint density at radius 1 is 1.15 bits per heavy atom. The fourth-order valence-electron chi connectivity index (χ4n) is 3.30. The monoisotopic (exact) mass is 372 g/mol. The van der Waals surface area contributed by atoms with Crippen molar-refractivity contribution in [2.75, 3.05) is 56.3 Å². The van der Waals surface area contributed by atoms with Crippen LogP contribution in [0.2, 0.25) is 0 Å². The van der Waals surface area contributed by atoms with Gasteiger partial charge in [0.05, 0.1) is 44.7 Å². The predicted molar refractivity (Wildman–Crippen MR) is 108 cm³/mol. The summed E-state index contributed by atoms with van der Waals surface area (Å²) in [6.07, 6.45) is 2.02. The molecule has 2 aromatic rings. The Bertz CT molecular complexity index is 745. The lowest BCUT2D eigenvalue weighted by Gasteiger charge is -2.34. The number of piperazine rings is 1. The first-order valence-electron chi connectivity index (χ1n) is 8.85. The molecule has 0 saturated carbocycles. The molecule has 2 aromatic carbocycles. The minimum atomic E-state index is 0.0761. The quantitative estimate of drug-likeness (QED) is 0.759. The number of para-hydroxylation sites is 3. The number of methoxy groups -OCH3 is 1. The molecule has 2 N–H and O–H groups in total. The number of ether oxygens (including phenoxy) is 1. The van der Waals surface area contributed by atoms with Gasteiger partial charge in [0.15, 0.2) is 6.54 Å². The van der Waals surface area contributed by atoms with Crippen molar-refractivity contribution in [1.29, 1.82) is 0 Å². The van der Waals surface area contributed by atoms with Gasteiger partial charge in [0.2, 0.25) is 0 Å². The zero-order valence-corrected chi connectivity index (χ0v) is 16.1. The highest BCUT2D eigenvalue weighted by Crippen LogP contribution is 2.27. The zero-order chi connectivity index (χ0) is 18.4. The highest BCUT2D eigenvalue weighted by atomic mass is 32.2. The van der Waals surface area contributed by atoms with Gasteiger partial charge in [-0.25, -0.2) is 0 Å². The highest BCUT2D eigenvalue weighted by Gasteiger charge is 2.24. The first-order valence-corrected chi connectivity index (χ1v) is 10.1. The molecule has 1 aliphatic heterocycles. The van der Waals surface area contributed by atoms with Gasteiger partial charge >= 0.3 is 0 Å². The SMILES string of the molecule is COc1ccccc1N1CC[NH+](CC(=O)Nc2ccccc2SC)CC1. The van der Waals surface area contributed by atoms with E-state index in [-0.39, 0.29) is 5.91 Å². The van der Waals surface area contributed by atoms with Crippen LogP contribution in [-0.4, -0.2) is 52.0 Å². The normalized spacial score (nSPS) is 14.9. The van der Waals surface area contributed by atoms with Crippen LogP contribution in [0, 0.1) is 0 Å². The van der Waals surface area contributed by atoms with Gasteiger partial charge in [-0.05, 0) is 30.5 Å². The number of hydrogen-bond donors (Lipinski definition) is 2. The van der Waals surface area contributed by atoms with Crippen molar-refractivity contribution < 1.29 is 14.4 Å². The van der Waals surface area contributed by atoms with E-state index in [0.29, 0.717) is 6.54 Å². The van der Waals surface area contributed by atoms with Gasteiger partial charge in [0, 0.05) is 4.90 Å². The molecule has 138 valence electrons. The van der Waals surface area contributed by atoms with Crippen LogP contribution in [0.5, 0.6) is 5.75 Å². The Morgan fingerprint density at radius 2 is 1.85 bits per heavy atom. The fraction of sp³-hybridized carbons (Fsp3) is 0.350. The molecule has 0 aromatic heterocycles. The van der Waals surface area contributed by atoms with Crippen LogP contribution in [0.4, 0.5) is 11.4 Å². The van der Waals surface area contributed by atoms with E-state index in [1.54, 1.807) is 18.9 Å². The van der Waals surface area contributed by atoms with Gasteiger partial charge in [-0.2, -0.15) is 0 Å². The first-order chi connectivity index (χ1) is 12.7. The summed E-state index contributed by atoms with van der Waals surface area (Å²) in [7, 11) is 1.71. The van der Waals surface area contributed by atoms with Crippen molar-refractivity contribution in [2.45, 2.75) is 4.90 Å². The van der Waals surface area contributed by atoms with E-state index >= 15 is 0 Å². The number of benzene rings is 2. The zero-order valence-electron chi connectivity index (χ0n) is 15.3. The van der Waals surface area contributed by atoms with Gasteiger partial charge in [0.1, 0.15) is 5.75 Å². The van der Waals surface area contributed by atoms with Crippen LogP contribution < -0.4 is 19.9 Å². The lowest BCUT2D eigenvalue weighted by molar-refractivity contribution is -0.892. The van der Waals surface area contributed by atoms with Crippen LogP contribution in [0.3, 0.4) is 0 Å². The number of hydrogen-bond acceptors (Lipinski definition) is 4. The maximum absolute atomic E-state index is 12.4. The molecular weight excluding hydrogens is 346 g/mol. The summed E-state index contributed by atoms with van der Waals surface area (Å²) in [5.41, 5.74) is 2.03. The Hall–Kier alpha value is -2.18. The smallest absolute Gasteiger partial charge is 0.279 e. The molecule has 0 aliphatic carbocycles. The van der Waals surface area contributed by atoms with Gasteiger partial charge in [0.25, 0.3) is 5.91 Å². The standard InChI is InChI=1S/C20H25N3O2S/c1-25-18-9-5-4-8-17(18)23-13-11-22(12-14-23)15-20(24)21-16-7-3-6-10-19(16)26-2/h3-10H,11-15H2,1-2H3,(H,21,24)/p+1. The number of nitrogens with one attached hydrogen (secondary N) is 2. The van der Waals surface area contributed by atoms with Crippen LogP contribution in [0.25, 0.3) is 0 Å². The van der Waals surface area contributed by atoms with Crippen molar-refractivity contribution in [3.63, 3.8) is 0 Å². The number of rotatable bonds is 6. The summed E-state index contributed by atoms with van der Waals surface area (Å²) in [6.45, 7) is 4.22. The lowest BCUT2D eigenvalue weighted by Crippen LogP contribution is -3.15. The molecule has 6 heteroatoms. The molecule has 1 fully saturated rings. The maximum Gasteiger partial charge on any atom is 0.279 e. The van der Waals surface area contributed by atoms with Crippen molar-refractivity contribution in [1.82, 2.24) is 0 Å². The number of amides is 1. The lowest BCUT2D eigenvalue weighted by atomic mass is 10.2. The summed E-state index contributed by atoms with van der Waals surface area (Å²) in [6, 6.07) is 16.0. The third-order valence-corrected chi connectivity index (χ3v) is 5.48. The summed E-state index contributed by atoms with van der Waals surface area (Å²) < 4.78 is 5.46. The topological polar surface area (TPSA) is 46.0 Å². The van der Waals surface area contributed by atoms with E-state index in [2.05, 4.69) is 16.3 Å². The molecule has 0 bridgehead atoms. The van der Waals surface area contributed by atoms with Crippen molar-refractivity contribution >= 4 is 29.0 Å². The molecule has 3 rings (SSSR count). The van der Waals surface area contributed by atoms with Gasteiger partial charge < -0.3 is 19.9 Å². The molecular formula is C20H26N3O2S+. The average molecular weight is 373 g/mol. The second-order valence-corrected chi connectivity index (χ2v) is 7.18. The molecule has 1 aliphatic rings. The summed E-state index contributed by atoms with van der Waals surface area (Å²) in [5, 5.41) is 3.06. The third kappa shape index (κ3) is 4.51. The largest absolute Gasteiger partial charge is 0.495 e. The van der Waals surface area contributed by atoms with E-state index in [0.717, 1.165) is 48.2 Å². The molecule has 0 spiro atoms.